The molecule has 0 aromatic carbocycles. The van der Waals surface area contributed by atoms with Gasteiger partial charge in [-0.3, -0.25) is 9.36 Å². The molecule has 0 saturated heterocycles. The van der Waals surface area contributed by atoms with Crippen LogP contribution in [0.1, 0.15) is 12.2 Å². The molecule has 1 aromatic heterocycles. The summed E-state index contributed by atoms with van der Waals surface area (Å²) in [6.45, 7) is -3.67. The molecule has 4 nitrogen and oxygen atoms in total. The van der Waals surface area contributed by atoms with Crippen molar-refractivity contribution in [3.05, 3.63) is 32.6 Å². The fraction of sp³-hybridized carbons (Fsp3) is 0.429. The summed E-state index contributed by atoms with van der Waals surface area (Å²) in [5, 5.41) is 0. The molecule has 0 saturated carbocycles. The van der Waals surface area contributed by atoms with Crippen molar-refractivity contribution in [1.29, 1.82) is 0 Å². The average Bonchev–Trinajstić information content (AvgIpc) is 2.11. The minimum absolute atomic E-state index is 0.0481. The maximum absolute atomic E-state index is 12.3. The lowest BCUT2D eigenvalue weighted by Crippen LogP contribution is -2.41. The Kier molecular flexibility index (Phi) is 2.89. The van der Waals surface area contributed by atoms with Gasteiger partial charge in [0.05, 0.1) is 0 Å². The second-order valence-corrected chi connectivity index (χ2v) is 2.85. The van der Waals surface area contributed by atoms with Crippen molar-refractivity contribution < 1.29 is 22.0 Å². The van der Waals surface area contributed by atoms with E-state index in [1.54, 1.807) is 0 Å². The van der Waals surface area contributed by atoms with E-state index >= 15 is 0 Å². The summed E-state index contributed by atoms with van der Waals surface area (Å²) in [6, 6.07) is -0.0481. The topological polar surface area (TPSA) is 44.0 Å². The highest BCUT2D eigenvalue weighted by atomic mass is 19.4. The molecule has 0 N–H and O–H groups in total. The molecular formula is C7H5F5N2O2. The Morgan fingerprint density at radius 3 is 2.12 bits per heavy atom. The molecule has 0 aliphatic heterocycles. The van der Waals surface area contributed by atoms with Gasteiger partial charge in [0, 0.05) is 13.1 Å². The maximum Gasteiger partial charge on any atom is 0.431 e. The Morgan fingerprint density at radius 1 is 1.25 bits per heavy atom. The summed E-state index contributed by atoms with van der Waals surface area (Å²) in [4.78, 5) is 21.9. The molecule has 16 heavy (non-hydrogen) atoms. The first-order chi connectivity index (χ1) is 7.16. The molecule has 9 heteroatoms. The first kappa shape index (κ1) is 12.4. The van der Waals surface area contributed by atoms with E-state index in [2.05, 4.69) is 0 Å². The Bertz CT molecular complexity index is 513. The van der Waals surface area contributed by atoms with E-state index in [-0.39, 0.29) is 10.6 Å². The molecule has 0 radical (unpaired) electrons. The monoisotopic (exact) mass is 244 g/mol. The summed E-state index contributed by atoms with van der Waals surface area (Å²) < 4.78 is 60.7. The minimum atomic E-state index is -5.19. The van der Waals surface area contributed by atoms with Crippen LogP contribution in [0.2, 0.25) is 0 Å². The zero-order chi connectivity index (χ0) is 12.7. The van der Waals surface area contributed by atoms with Gasteiger partial charge in [0.1, 0.15) is 5.69 Å². The molecule has 0 aliphatic rings. The molecule has 0 amide bonds. The third-order valence-electron chi connectivity index (χ3n) is 1.83. The molecular weight excluding hydrogens is 239 g/mol. The Morgan fingerprint density at radius 2 is 1.75 bits per heavy atom. The fourth-order valence-corrected chi connectivity index (χ4v) is 1.05. The van der Waals surface area contributed by atoms with E-state index in [0.717, 1.165) is 7.05 Å². The van der Waals surface area contributed by atoms with Gasteiger partial charge in [-0.2, -0.15) is 22.0 Å². The van der Waals surface area contributed by atoms with Crippen molar-refractivity contribution in [2.75, 3.05) is 0 Å². The summed E-state index contributed by atoms with van der Waals surface area (Å²) >= 11 is 0. The Hall–Kier alpha value is -1.67. The fourth-order valence-electron chi connectivity index (χ4n) is 1.05. The van der Waals surface area contributed by atoms with Gasteiger partial charge in [0.2, 0.25) is 0 Å². The quantitative estimate of drug-likeness (QED) is 0.690. The van der Waals surface area contributed by atoms with Crippen LogP contribution in [0.4, 0.5) is 22.0 Å². The highest BCUT2D eigenvalue weighted by Crippen LogP contribution is 2.29. The molecule has 0 spiro atoms. The summed E-state index contributed by atoms with van der Waals surface area (Å²) in [6.07, 6.45) is -5.19. The number of nitrogens with zero attached hydrogens (tertiary/aromatic N) is 2. The summed E-state index contributed by atoms with van der Waals surface area (Å²) in [5.74, 6) is 0. The largest absolute Gasteiger partial charge is 0.431 e. The van der Waals surface area contributed by atoms with Crippen LogP contribution < -0.4 is 11.2 Å². The van der Waals surface area contributed by atoms with Gasteiger partial charge in [-0.05, 0) is 0 Å². The first-order valence-electron chi connectivity index (χ1n) is 3.84. The van der Waals surface area contributed by atoms with Crippen molar-refractivity contribution >= 4 is 0 Å². The number of hydrogen-bond donors (Lipinski definition) is 0. The lowest BCUT2D eigenvalue weighted by molar-refractivity contribution is -0.150. The van der Waals surface area contributed by atoms with Gasteiger partial charge >= 0.3 is 18.4 Å². The first-order valence-corrected chi connectivity index (χ1v) is 3.84. The van der Waals surface area contributed by atoms with Crippen LogP contribution in [0.5, 0.6) is 0 Å². The van der Waals surface area contributed by atoms with Gasteiger partial charge in [0.25, 0.3) is 5.56 Å². The minimum Gasteiger partial charge on any atom is -0.269 e. The Balaban J connectivity index is 3.75. The number of alkyl halides is 5. The van der Waals surface area contributed by atoms with Gasteiger partial charge in [-0.1, -0.05) is 0 Å². The summed E-state index contributed by atoms with van der Waals surface area (Å²) in [5.41, 5.74) is -4.97. The lowest BCUT2D eigenvalue weighted by atomic mass is 10.4. The van der Waals surface area contributed by atoms with E-state index in [0.29, 0.717) is 0 Å². The third kappa shape index (κ3) is 1.97. The lowest BCUT2D eigenvalue weighted by Gasteiger charge is -2.14. The predicted octanol–water partition coefficient (Wildman–Crippen LogP) is 0.961. The SMILES string of the molecule is Cn1c(=O)cc(C(F)(F)F)n(C(F)F)c1=O. The van der Waals surface area contributed by atoms with Crippen molar-refractivity contribution in [3.63, 3.8) is 0 Å². The molecule has 1 aromatic rings. The van der Waals surface area contributed by atoms with E-state index in [1.165, 1.54) is 0 Å². The number of aromatic nitrogens is 2. The molecule has 0 aliphatic carbocycles. The molecule has 0 bridgehead atoms. The maximum atomic E-state index is 12.3. The van der Waals surface area contributed by atoms with Gasteiger partial charge in [0.15, 0.2) is 0 Å². The number of rotatable bonds is 1. The zero-order valence-corrected chi connectivity index (χ0v) is 7.76. The summed E-state index contributed by atoms with van der Waals surface area (Å²) in [7, 11) is 0.809. The van der Waals surface area contributed by atoms with Crippen LogP contribution in [0, 0.1) is 0 Å². The molecule has 1 heterocycles. The smallest absolute Gasteiger partial charge is 0.269 e. The third-order valence-corrected chi connectivity index (χ3v) is 1.83. The molecule has 0 unspecified atom stereocenters. The van der Waals surface area contributed by atoms with E-state index in [1.807, 2.05) is 0 Å². The normalized spacial score (nSPS) is 12.2. The number of hydrogen-bond acceptors (Lipinski definition) is 2. The highest BCUT2D eigenvalue weighted by Gasteiger charge is 2.37. The van der Waals surface area contributed by atoms with Crippen LogP contribution >= 0.6 is 0 Å². The second-order valence-electron chi connectivity index (χ2n) is 2.85. The van der Waals surface area contributed by atoms with Crippen LogP contribution in [0.3, 0.4) is 0 Å². The Labute approximate surface area is 84.5 Å². The number of halogens is 5. The highest BCUT2D eigenvalue weighted by molar-refractivity contribution is 5.07. The predicted molar refractivity (Wildman–Crippen MR) is 42.2 cm³/mol. The van der Waals surface area contributed by atoms with Crippen LogP contribution in [0.25, 0.3) is 0 Å². The van der Waals surface area contributed by atoms with E-state index < -0.39 is 34.2 Å². The zero-order valence-electron chi connectivity index (χ0n) is 7.76. The van der Waals surface area contributed by atoms with Crippen LogP contribution in [-0.4, -0.2) is 9.13 Å². The molecule has 1 rings (SSSR count). The van der Waals surface area contributed by atoms with Crippen molar-refractivity contribution in [3.8, 4) is 0 Å². The van der Waals surface area contributed by atoms with E-state index in [9.17, 15) is 31.5 Å². The van der Waals surface area contributed by atoms with Crippen molar-refractivity contribution in [1.82, 2.24) is 9.13 Å². The van der Waals surface area contributed by atoms with Crippen LogP contribution in [0.15, 0.2) is 15.7 Å². The van der Waals surface area contributed by atoms with Crippen LogP contribution in [-0.2, 0) is 13.2 Å². The molecule has 0 atom stereocenters. The van der Waals surface area contributed by atoms with Gasteiger partial charge in [-0.25, -0.2) is 9.36 Å². The van der Waals surface area contributed by atoms with E-state index in [4.69, 9.17) is 0 Å². The molecule has 90 valence electrons. The van der Waals surface area contributed by atoms with Gasteiger partial charge < -0.3 is 0 Å². The molecule has 0 fully saturated rings. The second kappa shape index (κ2) is 3.72. The van der Waals surface area contributed by atoms with Gasteiger partial charge in [-0.15, -0.1) is 0 Å². The van der Waals surface area contributed by atoms with Crippen molar-refractivity contribution in [2.45, 2.75) is 12.7 Å². The van der Waals surface area contributed by atoms with Crippen molar-refractivity contribution in [2.24, 2.45) is 7.05 Å². The average molecular weight is 244 g/mol. The standard InChI is InChI=1S/C7H5F5N2O2/c1-13-4(15)2-3(7(10,11)12)14(5(8)9)6(13)16/h2,5H,1H3.